The summed E-state index contributed by atoms with van der Waals surface area (Å²) in [6.07, 6.45) is 2.82. The van der Waals surface area contributed by atoms with E-state index in [0.717, 1.165) is 27.8 Å². The number of rotatable bonds is 16. The van der Waals surface area contributed by atoms with Crippen LogP contribution < -0.4 is 9.47 Å². The molecule has 1 N–H and O–H groups in total. The van der Waals surface area contributed by atoms with E-state index in [9.17, 15) is 19.5 Å². The Hall–Kier alpha value is -7.47. The Morgan fingerprint density at radius 1 is 0.633 bits per heavy atom. The largest absolute Gasteiger partial charge is 0.489 e. The number of imide groups is 1. The SMILES string of the molecule is O=C(C[C@H](c1cccc(OCc2ccccc2)c1)c1ccon1)N1C(=O)OC[C@H]1Cc1ccccc1.O=C(O)C[C@H](c1cccc(OCc2ccccc2)c1)c1ccon1. The van der Waals surface area contributed by atoms with Crippen LogP contribution in [0.3, 0.4) is 0 Å². The Morgan fingerprint density at radius 3 is 1.58 bits per heavy atom. The van der Waals surface area contributed by atoms with Crippen molar-refractivity contribution < 1.29 is 42.7 Å². The summed E-state index contributed by atoms with van der Waals surface area (Å²) in [6, 6.07) is 47.6. The topological polar surface area (TPSA) is 154 Å². The first kappa shape index (κ1) is 40.7. The van der Waals surface area contributed by atoms with Gasteiger partial charge in [-0.05, 0) is 58.5 Å². The number of hydrogen-bond acceptors (Lipinski definition) is 10. The highest BCUT2D eigenvalue weighted by atomic mass is 16.6. The van der Waals surface area contributed by atoms with Gasteiger partial charge in [0.25, 0.3) is 0 Å². The van der Waals surface area contributed by atoms with Gasteiger partial charge >= 0.3 is 12.1 Å². The highest BCUT2D eigenvalue weighted by Crippen LogP contribution is 2.32. The maximum Gasteiger partial charge on any atom is 0.416 e. The Kier molecular flexibility index (Phi) is 13.8. The molecule has 304 valence electrons. The van der Waals surface area contributed by atoms with Crippen LogP contribution in [0.4, 0.5) is 4.79 Å². The summed E-state index contributed by atoms with van der Waals surface area (Å²) < 4.78 is 27.0. The van der Waals surface area contributed by atoms with E-state index < -0.39 is 18.0 Å². The first-order chi connectivity index (χ1) is 29.4. The second-order valence-corrected chi connectivity index (χ2v) is 14.1. The van der Waals surface area contributed by atoms with Crippen LogP contribution in [-0.2, 0) is 34.0 Å². The average Bonchev–Trinajstić information content (AvgIpc) is 4.09. The van der Waals surface area contributed by atoms with Crippen molar-refractivity contribution in [3.05, 3.63) is 203 Å². The van der Waals surface area contributed by atoms with Crippen LogP contribution in [0.5, 0.6) is 11.5 Å². The fourth-order valence-electron chi connectivity index (χ4n) is 6.96. The molecule has 1 saturated heterocycles. The maximum absolute atomic E-state index is 13.5. The van der Waals surface area contributed by atoms with Crippen LogP contribution in [-0.4, -0.2) is 50.9 Å². The lowest BCUT2D eigenvalue weighted by molar-refractivity contribution is -0.137. The van der Waals surface area contributed by atoms with E-state index in [0.29, 0.717) is 42.5 Å². The maximum atomic E-state index is 13.5. The van der Waals surface area contributed by atoms with Gasteiger partial charge in [0.05, 0.1) is 23.9 Å². The number of carbonyl (C=O) groups is 3. The minimum Gasteiger partial charge on any atom is -0.489 e. The van der Waals surface area contributed by atoms with Crippen molar-refractivity contribution in [2.75, 3.05) is 6.61 Å². The highest BCUT2D eigenvalue weighted by Gasteiger charge is 2.39. The van der Waals surface area contributed by atoms with Crippen LogP contribution in [0.1, 0.15) is 63.9 Å². The van der Waals surface area contributed by atoms with Crippen molar-refractivity contribution in [3.8, 4) is 11.5 Å². The molecule has 0 bridgehead atoms. The predicted molar refractivity (Wildman–Crippen MR) is 220 cm³/mol. The van der Waals surface area contributed by atoms with Crippen LogP contribution in [0.2, 0.25) is 0 Å². The monoisotopic (exact) mass is 805 g/mol. The molecule has 5 aromatic carbocycles. The molecular formula is C48H43N3O9. The molecule has 8 rings (SSSR count). The highest BCUT2D eigenvalue weighted by molar-refractivity contribution is 5.94. The van der Waals surface area contributed by atoms with E-state index in [-0.39, 0.29) is 37.3 Å². The van der Waals surface area contributed by atoms with Gasteiger partial charge in [0.1, 0.15) is 43.8 Å². The number of cyclic esters (lactones) is 1. The van der Waals surface area contributed by atoms with Crippen molar-refractivity contribution in [2.24, 2.45) is 0 Å². The Labute approximate surface area is 346 Å². The van der Waals surface area contributed by atoms with Crippen molar-refractivity contribution >= 4 is 18.0 Å². The molecule has 3 atom stereocenters. The van der Waals surface area contributed by atoms with Crippen LogP contribution in [0.15, 0.2) is 173 Å². The summed E-state index contributed by atoms with van der Waals surface area (Å²) in [7, 11) is 0. The number of amides is 2. The standard InChI is InChI=1S/C29H26N2O5.C19H17NO4/c32-28(31-24(20-35-29(31)33)16-21-8-3-1-4-9-21)18-26(27-14-15-36-30-27)23-12-7-13-25(17-23)34-19-22-10-5-2-6-11-22;21-19(22)12-17(18-9-10-24-20-18)15-7-4-8-16(11-15)23-13-14-5-2-1-3-6-14/h1-15,17,24,26H,16,18-20H2;1-11,17H,12-13H2,(H,21,22)/t24-,26-;17-/m11/s1. The van der Waals surface area contributed by atoms with E-state index >= 15 is 0 Å². The molecule has 1 fully saturated rings. The van der Waals surface area contributed by atoms with Gasteiger partial charge in [0, 0.05) is 30.4 Å². The zero-order valence-electron chi connectivity index (χ0n) is 32.6. The molecule has 7 aromatic rings. The first-order valence-corrected chi connectivity index (χ1v) is 19.5. The molecule has 12 heteroatoms. The van der Waals surface area contributed by atoms with Gasteiger partial charge in [-0.15, -0.1) is 0 Å². The number of nitrogens with zero attached hydrogens (tertiary/aromatic N) is 3. The zero-order chi connectivity index (χ0) is 41.5. The molecule has 0 aliphatic carbocycles. The minimum absolute atomic E-state index is 0.0368. The van der Waals surface area contributed by atoms with E-state index in [2.05, 4.69) is 10.3 Å². The van der Waals surface area contributed by atoms with Gasteiger partial charge < -0.3 is 28.4 Å². The third kappa shape index (κ3) is 11.1. The van der Waals surface area contributed by atoms with E-state index in [1.54, 1.807) is 12.1 Å². The first-order valence-electron chi connectivity index (χ1n) is 19.5. The molecule has 60 heavy (non-hydrogen) atoms. The van der Waals surface area contributed by atoms with Gasteiger partial charge in [-0.25, -0.2) is 9.69 Å². The van der Waals surface area contributed by atoms with Gasteiger partial charge in [0.15, 0.2) is 0 Å². The molecule has 0 unspecified atom stereocenters. The van der Waals surface area contributed by atoms with Crippen molar-refractivity contribution in [2.45, 2.75) is 50.4 Å². The van der Waals surface area contributed by atoms with Crippen molar-refractivity contribution in [1.29, 1.82) is 0 Å². The molecular weight excluding hydrogens is 763 g/mol. The summed E-state index contributed by atoms with van der Waals surface area (Å²) in [6.45, 7) is 1.06. The third-order valence-corrected chi connectivity index (χ3v) is 9.95. The lowest BCUT2D eigenvalue weighted by Gasteiger charge is -2.22. The van der Waals surface area contributed by atoms with E-state index in [1.807, 2.05) is 140 Å². The lowest BCUT2D eigenvalue weighted by Crippen LogP contribution is -2.40. The fourth-order valence-corrected chi connectivity index (χ4v) is 6.96. The van der Waals surface area contributed by atoms with Gasteiger partial charge in [-0.1, -0.05) is 126 Å². The summed E-state index contributed by atoms with van der Waals surface area (Å²) in [5, 5.41) is 17.2. The van der Waals surface area contributed by atoms with Gasteiger partial charge in [0.2, 0.25) is 5.91 Å². The van der Waals surface area contributed by atoms with Gasteiger partial charge in [-0.2, -0.15) is 0 Å². The Bertz CT molecular complexity index is 2410. The van der Waals surface area contributed by atoms with E-state index in [1.165, 1.54) is 17.4 Å². The predicted octanol–water partition coefficient (Wildman–Crippen LogP) is 9.23. The van der Waals surface area contributed by atoms with E-state index in [4.69, 9.17) is 23.3 Å². The molecule has 12 nitrogen and oxygen atoms in total. The number of carbonyl (C=O) groups excluding carboxylic acids is 2. The molecule has 2 aromatic heterocycles. The number of ether oxygens (including phenoxy) is 3. The lowest BCUT2D eigenvalue weighted by atomic mass is 9.91. The average molecular weight is 806 g/mol. The summed E-state index contributed by atoms with van der Waals surface area (Å²) in [5.74, 6) is -0.625. The van der Waals surface area contributed by atoms with Crippen LogP contribution in [0.25, 0.3) is 0 Å². The van der Waals surface area contributed by atoms with Crippen molar-refractivity contribution in [1.82, 2.24) is 15.2 Å². The molecule has 3 heterocycles. The molecule has 2 amide bonds. The molecule has 1 aliphatic rings. The number of aliphatic carboxylic acids is 1. The van der Waals surface area contributed by atoms with Crippen LogP contribution in [0, 0.1) is 0 Å². The second kappa shape index (κ2) is 20.3. The number of benzene rings is 5. The quantitative estimate of drug-likeness (QED) is 0.0994. The normalized spacial score (nSPS) is 14.3. The van der Waals surface area contributed by atoms with Crippen LogP contribution >= 0.6 is 0 Å². The zero-order valence-corrected chi connectivity index (χ0v) is 32.6. The number of aromatic nitrogens is 2. The Balaban J connectivity index is 0.000000197. The third-order valence-electron chi connectivity index (χ3n) is 9.95. The number of carboxylic acid groups (broad SMARTS) is 1. The number of carboxylic acids is 1. The van der Waals surface area contributed by atoms with Crippen molar-refractivity contribution in [3.63, 3.8) is 0 Å². The summed E-state index contributed by atoms with van der Waals surface area (Å²) in [4.78, 5) is 38.4. The summed E-state index contributed by atoms with van der Waals surface area (Å²) in [5.41, 5.74) is 6.04. The molecule has 0 radical (unpaired) electrons. The minimum atomic E-state index is -0.890. The second-order valence-electron chi connectivity index (χ2n) is 14.1. The molecule has 1 aliphatic heterocycles. The number of hydrogen-bond donors (Lipinski definition) is 1. The smallest absolute Gasteiger partial charge is 0.416 e. The fraction of sp³-hybridized carbons (Fsp3) is 0.188. The summed E-state index contributed by atoms with van der Waals surface area (Å²) >= 11 is 0. The molecule has 0 spiro atoms. The Morgan fingerprint density at radius 2 is 1.12 bits per heavy atom. The molecule has 0 saturated carbocycles. The van der Waals surface area contributed by atoms with Gasteiger partial charge in [-0.3, -0.25) is 9.59 Å².